The second kappa shape index (κ2) is 8.05. The molecule has 1 saturated heterocycles. The van der Waals surface area contributed by atoms with Gasteiger partial charge >= 0.3 is 0 Å². The number of aromatic amines is 1. The van der Waals surface area contributed by atoms with E-state index in [-0.39, 0.29) is 5.92 Å². The van der Waals surface area contributed by atoms with Crippen molar-refractivity contribution in [1.29, 1.82) is 10.5 Å². The van der Waals surface area contributed by atoms with Crippen LogP contribution in [-0.4, -0.2) is 36.6 Å². The van der Waals surface area contributed by atoms with E-state index in [1.54, 1.807) is 7.11 Å². The maximum Gasteiger partial charge on any atom is 0.119 e. The van der Waals surface area contributed by atoms with Gasteiger partial charge in [-0.3, -0.25) is 0 Å². The number of rotatable bonds is 6. The average molecular weight is 336 g/mol. The molecule has 1 aromatic heterocycles. The van der Waals surface area contributed by atoms with Crippen LogP contribution in [0.2, 0.25) is 0 Å². The van der Waals surface area contributed by atoms with Crippen molar-refractivity contribution < 1.29 is 4.74 Å². The first-order chi connectivity index (χ1) is 12.2. The van der Waals surface area contributed by atoms with E-state index in [1.807, 2.05) is 6.07 Å². The number of hydrogen-bond donors (Lipinski definition) is 1. The Kier molecular flexibility index (Phi) is 5.58. The summed E-state index contributed by atoms with van der Waals surface area (Å²) in [5.41, 5.74) is 2.52. The van der Waals surface area contributed by atoms with Gasteiger partial charge in [0.05, 0.1) is 25.2 Å². The Balaban J connectivity index is 1.63. The number of nitriles is 2. The Morgan fingerprint density at radius 1 is 1.32 bits per heavy atom. The zero-order valence-electron chi connectivity index (χ0n) is 14.7. The molecule has 1 aliphatic rings. The number of likely N-dealkylation sites (tertiary alicyclic amines) is 1. The third-order valence-corrected chi connectivity index (χ3v) is 5.21. The molecule has 1 aromatic carbocycles. The lowest BCUT2D eigenvalue weighted by molar-refractivity contribution is 0.194. The fraction of sp³-hybridized carbons (Fsp3) is 0.500. The minimum Gasteiger partial charge on any atom is -0.497 e. The summed E-state index contributed by atoms with van der Waals surface area (Å²) in [6.07, 6.45) is 5.47. The Hall–Kier alpha value is -2.50. The summed E-state index contributed by atoms with van der Waals surface area (Å²) >= 11 is 0. The molecule has 0 radical (unpaired) electrons. The van der Waals surface area contributed by atoms with E-state index >= 15 is 0 Å². The van der Waals surface area contributed by atoms with Crippen LogP contribution in [0, 0.1) is 28.6 Å². The lowest BCUT2D eigenvalue weighted by Crippen LogP contribution is -2.36. The molecule has 2 aromatic rings. The van der Waals surface area contributed by atoms with Crippen LogP contribution in [0.5, 0.6) is 5.75 Å². The van der Waals surface area contributed by atoms with Crippen molar-refractivity contribution in [3.8, 4) is 17.9 Å². The molecule has 0 amide bonds. The molecule has 1 N–H and O–H groups in total. The second-order valence-corrected chi connectivity index (χ2v) is 6.75. The van der Waals surface area contributed by atoms with Crippen LogP contribution in [0.15, 0.2) is 24.4 Å². The van der Waals surface area contributed by atoms with Gasteiger partial charge < -0.3 is 14.6 Å². The fourth-order valence-corrected chi connectivity index (χ4v) is 3.76. The van der Waals surface area contributed by atoms with Gasteiger partial charge in [-0.2, -0.15) is 10.5 Å². The lowest BCUT2D eigenvalue weighted by Gasteiger charge is -2.33. The van der Waals surface area contributed by atoms with Crippen LogP contribution in [0.25, 0.3) is 10.9 Å². The number of aromatic nitrogens is 1. The minimum absolute atomic E-state index is 0.0338. The molecule has 25 heavy (non-hydrogen) atoms. The van der Waals surface area contributed by atoms with Crippen molar-refractivity contribution in [2.24, 2.45) is 5.92 Å². The molecule has 0 unspecified atom stereocenters. The van der Waals surface area contributed by atoms with E-state index in [0.717, 1.165) is 43.7 Å². The normalized spacial score (nSPS) is 17.1. The van der Waals surface area contributed by atoms with Crippen LogP contribution >= 0.6 is 0 Å². The Morgan fingerprint density at radius 3 is 2.80 bits per heavy atom. The number of fused-ring (bicyclic) bond motifs is 1. The number of nitrogens with zero attached hydrogens (tertiary/aromatic N) is 3. The highest BCUT2D eigenvalue weighted by Crippen LogP contribution is 2.34. The van der Waals surface area contributed by atoms with Gasteiger partial charge in [-0.25, -0.2) is 0 Å². The van der Waals surface area contributed by atoms with E-state index in [1.165, 1.54) is 10.9 Å². The van der Waals surface area contributed by atoms with E-state index in [9.17, 15) is 5.26 Å². The van der Waals surface area contributed by atoms with Gasteiger partial charge in [-0.05, 0) is 62.0 Å². The SMILES string of the molecule is COc1ccc2[nH]cc(C3CCN(C[C@@H](C#N)CCC#N)CC3)c2c1. The number of ether oxygens (including phenoxy) is 1. The predicted octanol–water partition coefficient (Wildman–Crippen LogP) is 3.80. The first kappa shape index (κ1) is 17.3. The Labute approximate surface area is 148 Å². The summed E-state index contributed by atoms with van der Waals surface area (Å²) < 4.78 is 5.36. The van der Waals surface area contributed by atoms with Gasteiger partial charge in [0, 0.05) is 30.1 Å². The van der Waals surface area contributed by atoms with Gasteiger partial charge in [-0.1, -0.05) is 0 Å². The lowest BCUT2D eigenvalue weighted by atomic mass is 9.88. The van der Waals surface area contributed by atoms with Gasteiger partial charge in [0.2, 0.25) is 0 Å². The van der Waals surface area contributed by atoms with Crippen molar-refractivity contribution in [3.05, 3.63) is 30.0 Å². The quantitative estimate of drug-likeness (QED) is 0.870. The van der Waals surface area contributed by atoms with Gasteiger partial charge in [-0.15, -0.1) is 0 Å². The predicted molar refractivity (Wildman–Crippen MR) is 97.2 cm³/mol. The maximum atomic E-state index is 9.25. The standard InChI is InChI=1S/C20H24N4O/c1-25-17-4-5-20-18(11-17)19(13-23-20)16-6-9-24(10-7-16)14-15(12-22)3-2-8-21/h4-5,11,13,15-16,23H,2-3,6-7,9-10,14H2,1H3/t15-/m1/s1. The van der Waals surface area contributed by atoms with Crippen LogP contribution in [0.4, 0.5) is 0 Å². The molecule has 5 nitrogen and oxygen atoms in total. The van der Waals surface area contributed by atoms with Crippen molar-refractivity contribution in [2.45, 2.75) is 31.6 Å². The summed E-state index contributed by atoms with van der Waals surface area (Å²) in [5.74, 6) is 1.39. The van der Waals surface area contributed by atoms with Crippen molar-refractivity contribution in [2.75, 3.05) is 26.7 Å². The molecule has 0 spiro atoms. The smallest absolute Gasteiger partial charge is 0.119 e. The van der Waals surface area contributed by atoms with Crippen molar-refractivity contribution >= 4 is 10.9 Å². The molecule has 1 fully saturated rings. The summed E-state index contributed by atoms with van der Waals surface area (Å²) in [5, 5.41) is 19.2. The molecule has 0 aliphatic carbocycles. The molecular weight excluding hydrogens is 312 g/mol. The zero-order valence-corrected chi connectivity index (χ0v) is 14.7. The van der Waals surface area contributed by atoms with Crippen molar-refractivity contribution in [1.82, 2.24) is 9.88 Å². The highest BCUT2D eigenvalue weighted by atomic mass is 16.5. The molecule has 0 bridgehead atoms. The molecule has 1 aliphatic heterocycles. The summed E-state index contributed by atoms with van der Waals surface area (Å²) in [4.78, 5) is 5.74. The molecule has 5 heteroatoms. The Bertz CT molecular complexity index is 790. The van der Waals surface area contributed by atoms with Gasteiger partial charge in [0.25, 0.3) is 0 Å². The van der Waals surface area contributed by atoms with Crippen LogP contribution in [0.1, 0.15) is 37.2 Å². The number of H-pyrrole nitrogens is 1. The first-order valence-electron chi connectivity index (χ1n) is 8.89. The van der Waals surface area contributed by atoms with E-state index in [0.29, 0.717) is 18.8 Å². The number of piperidine rings is 1. The van der Waals surface area contributed by atoms with Gasteiger partial charge in [0.15, 0.2) is 0 Å². The number of nitrogens with one attached hydrogen (secondary N) is 1. The third kappa shape index (κ3) is 3.95. The fourth-order valence-electron chi connectivity index (χ4n) is 3.76. The van der Waals surface area contributed by atoms with E-state index < -0.39 is 0 Å². The largest absolute Gasteiger partial charge is 0.497 e. The molecule has 0 saturated carbocycles. The highest BCUT2D eigenvalue weighted by Gasteiger charge is 2.24. The highest BCUT2D eigenvalue weighted by molar-refractivity contribution is 5.85. The molecule has 2 heterocycles. The molecule has 1 atom stereocenters. The molecule has 3 rings (SSSR count). The molecule has 130 valence electrons. The first-order valence-corrected chi connectivity index (χ1v) is 8.89. The minimum atomic E-state index is -0.0338. The second-order valence-electron chi connectivity index (χ2n) is 6.75. The van der Waals surface area contributed by atoms with Gasteiger partial charge in [0.1, 0.15) is 5.75 Å². The van der Waals surface area contributed by atoms with E-state index in [4.69, 9.17) is 10.00 Å². The zero-order chi connectivity index (χ0) is 17.6. The third-order valence-electron chi connectivity index (χ3n) is 5.21. The molecular formula is C20H24N4O. The number of methoxy groups -OCH3 is 1. The Morgan fingerprint density at radius 2 is 2.12 bits per heavy atom. The summed E-state index contributed by atoms with van der Waals surface area (Å²) in [7, 11) is 1.70. The maximum absolute atomic E-state index is 9.25. The monoisotopic (exact) mass is 336 g/mol. The summed E-state index contributed by atoms with van der Waals surface area (Å²) in [6, 6.07) is 10.6. The van der Waals surface area contributed by atoms with Crippen LogP contribution in [0.3, 0.4) is 0 Å². The number of hydrogen-bond acceptors (Lipinski definition) is 4. The van der Waals surface area contributed by atoms with Crippen LogP contribution in [-0.2, 0) is 0 Å². The van der Waals surface area contributed by atoms with Crippen molar-refractivity contribution in [3.63, 3.8) is 0 Å². The van der Waals surface area contributed by atoms with Crippen LogP contribution < -0.4 is 4.74 Å². The topological polar surface area (TPSA) is 75.8 Å². The van der Waals surface area contributed by atoms with E-state index in [2.05, 4.69) is 40.4 Å². The number of benzene rings is 1. The average Bonchev–Trinajstić information content (AvgIpc) is 3.08. The summed E-state index contributed by atoms with van der Waals surface area (Å²) in [6.45, 7) is 2.80.